The van der Waals surface area contributed by atoms with Gasteiger partial charge in [0, 0.05) is 0 Å². The summed E-state index contributed by atoms with van der Waals surface area (Å²) in [7, 11) is 12.0. The van der Waals surface area contributed by atoms with Crippen LogP contribution in [0.1, 0.15) is 0 Å². The fourth-order valence-electron chi connectivity index (χ4n) is 0. The summed E-state index contributed by atoms with van der Waals surface area (Å²) in [5, 5.41) is 0. The normalized spacial score (nSPS) is 8.00. The summed E-state index contributed by atoms with van der Waals surface area (Å²) in [5.74, 6) is 0. The van der Waals surface area contributed by atoms with Crippen LogP contribution in [0.5, 0.6) is 0 Å². The van der Waals surface area contributed by atoms with Crippen LogP contribution in [0.25, 0.3) is 0 Å². The fourth-order valence-corrected chi connectivity index (χ4v) is 0. The van der Waals surface area contributed by atoms with Crippen molar-refractivity contribution in [2.24, 2.45) is 0 Å². The van der Waals surface area contributed by atoms with Gasteiger partial charge in [-0.2, -0.15) is 0 Å². The van der Waals surface area contributed by atoms with Gasteiger partial charge in [-0.3, -0.25) is 0 Å². The van der Waals surface area contributed by atoms with E-state index in [1.165, 1.54) is 0 Å². The predicted octanol–water partition coefficient (Wildman–Crippen LogP) is -2.64. The molecule has 0 saturated carbocycles. The van der Waals surface area contributed by atoms with Gasteiger partial charge in [0.25, 0.3) is 0 Å². The van der Waals surface area contributed by atoms with E-state index in [1.54, 1.807) is 0 Å². The van der Waals surface area contributed by atoms with E-state index < -0.39 is 0 Å². The summed E-state index contributed by atoms with van der Waals surface area (Å²) in [4.78, 5) is 4.00. The van der Waals surface area contributed by atoms with Crippen molar-refractivity contribution < 1.29 is 51.4 Å². The van der Waals surface area contributed by atoms with Crippen LogP contribution in [0, 0.1) is 0 Å². The first-order valence-corrected chi connectivity index (χ1v) is 2.68. The van der Waals surface area contributed by atoms with Crippen molar-refractivity contribution in [2.45, 2.75) is 0 Å². The van der Waals surface area contributed by atoms with E-state index in [1.807, 2.05) is 52.1 Å². The Morgan fingerprint density at radius 3 is 0.556 bits per heavy atom. The molecule has 0 unspecified atom stereocenters. The number of hydrogen-bond donors (Lipinski definition) is 0. The van der Waals surface area contributed by atoms with Crippen LogP contribution >= 0.6 is 0 Å². The zero-order valence-electron chi connectivity index (χ0n) is 7.89. The molecule has 0 bridgehead atoms. The average Bonchev–Trinajstić information content (AvgIpc) is 1.25. The molecule has 0 aliphatic rings. The maximum atomic E-state index is 2.00. The van der Waals surface area contributed by atoms with Crippen molar-refractivity contribution in [3.8, 4) is 0 Å². The molecular weight excluding hydrogens is 139 g/mol. The minimum atomic E-state index is 0. The van der Waals surface area contributed by atoms with Crippen molar-refractivity contribution in [3.63, 3.8) is 0 Å². The summed E-state index contributed by atoms with van der Waals surface area (Å²) in [5.41, 5.74) is 0. The number of nitrogens with zero attached hydrogens (tertiary/aromatic N) is 2. The largest absolute Gasteiger partial charge is 1.00 e. The van der Waals surface area contributed by atoms with Gasteiger partial charge in [-0.05, 0) is 42.3 Å². The summed E-state index contributed by atoms with van der Waals surface area (Å²) < 4.78 is 0. The van der Waals surface area contributed by atoms with Gasteiger partial charge in [0.2, 0.25) is 0 Å². The second-order valence-electron chi connectivity index (χ2n) is 2.68. The van der Waals surface area contributed by atoms with Crippen molar-refractivity contribution in [1.82, 2.24) is 9.80 Å². The molecule has 0 atom stereocenters. The van der Waals surface area contributed by atoms with Gasteiger partial charge >= 0.3 is 51.4 Å². The molecule has 0 rings (SSSR count). The molecule has 2 nitrogen and oxygen atoms in total. The maximum absolute atomic E-state index is 2.00. The molecule has 0 N–H and O–H groups in total. The molecule has 0 fully saturated rings. The fraction of sp³-hybridized carbons (Fsp3) is 1.00. The monoisotopic (exact) mass is 157 g/mol. The second kappa shape index (κ2) is 12.3. The van der Waals surface area contributed by atoms with Crippen molar-refractivity contribution >= 4 is 0 Å². The Hall–Kier alpha value is 1.56. The van der Waals surface area contributed by atoms with Crippen LogP contribution < -0.4 is 51.4 Å². The molecule has 0 aliphatic heterocycles. The maximum Gasteiger partial charge on any atom is 1.00 e. The first-order chi connectivity index (χ1) is 3.46. The van der Waals surface area contributed by atoms with E-state index >= 15 is 0 Å². The van der Waals surface area contributed by atoms with E-state index in [-0.39, 0.29) is 51.4 Å². The van der Waals surface area contributed by atoms with Crippen LogP contribution in [0.15, 0.2) is 0 Å². The van der Waals surface area contributed by atoms with Crippen LogP contribution in [0.3, 0.4) is 0 Å². The number of rotatable bonds is 0. The van der Waals surface area contributed by atoms with Crippen LogP contribution in [0.2, 0.25) is 0 Å². The topological polar surface area (TPSA) is 6.48 Å². The minimum Gasteiger partial charge on any atom is -0.312 e. The van der Waals surface area contributed by atoms with Gasteiger partial charge in [0.15, 0.2) is 0 Å². The third-order valence-corrected chi connectivity index (χ3v) is 0. The molecule has 9 heavy (non-hydrogen) atoms. The van der Waals surface area contributed by atoms with Gasteiger partial charge in [-0.15, -0.1) is 0 Å². The summed E-state index contributed by atoms with van der Waals surface area (Å²) in [6.07, 6.45) is 0. The third kappa shape index (κ3) is 225. The molecule has 3 heteroatoms. The zero-order chi connectivity index (χ0) is 7.15. The standard InChI is InChI=1S/2C3H9N.K/c2*1-4(2)3;/h2*1-3H3;/q;;+1. The van der Waals surface area contributed by atoms with E-state index in [4.69, 9.17) is 0 Å². The predicted molar refractivity (Wildman–Crippen MR) is 39.2 cm³/mol. The van der Waals surface area contributed by atoms with Gasteiger partial charge in [0.1, 0.15) is 0 Å². The van der Waals surface area contributed by atoms with Crippen LogP contribution in [-0.4, -0.2) is 52.1 Å². The van der Waals surface area contributed by atoms with Crippen LogP contribution in [0.4, 0.5) is 0 Å². The second-order valence-corrected chi connectivity index (χ2v) is 2.68. The Balaban J connectivity index is -0.0000000720. The quantitative estimate of drug-likeness (QED) is 0.355. The molecule has 0 spiro atoms. The van der Waals surface area contributed by atoms with Crippen molar-refractivity contribution in [1.29, 1.82) is 0 Å². The van der Waals surface area contributed by atoms with Crippen LogP contribution in [-0.2, 0) is 0 Å². The Bertz CT molecular complexity index is 26.5. The number of hydrogen-bond acceptors (Lipinski definition) is 2. The molecular formula is C6H18KN2+. The molecule has 0 aromatic rings. The molecule has 0 aliphatic carbocycles. The smallest absolute Gasteiger partial charge is 0.312 e. The van der Waals surface area contributed by atoms with Gasteiger partial charge < -0.3 is 9.80 Å². The van der Waals surface area contributed by atoms with E-state index in [9.17, 15) is 0 Å². The Labute approximate surface area is 102 Å². The van der Waals surface area contributed by atoms with E-state index in [0.717, 1.165) is 0 Å². The molecule has 52 valence electrons. The zero-order valence-corrected chi connectivity index (χ0v) is 11.0. The minimum absolute atomic E-state index is 0. The molecule has 0 radical (unpaired) electrons. The van der Waals surface area contributed by atoms with Crippen molar-refractivity contribution in [3.05, 3.63) is 0 Å². The van der Waals surface area contributed by atoms with Gasteiger partial charge in [-0.25, -0.2) is 0 Å². The van der Waals surface area contributed by atoms with E-state index in [0.29, 0.717) is 0 Å². The molecule has 0 heterocycles. The SMILES string of the molecule is CN(C)C.CN(C)C.[K+]. The first kappa shape index (κ1) is 16.9. The first-order valence-electron chi connectivity index (χ1n) is 2.68. The third-order valence-electron chi connectivity index (χ3n) is 0. The summed E-state index contributed by atoms with van der Waals surface area (Å²) in [6, 6.07) is 0. The molecule has 0 amide bonds. The molecule has 0 aromatic carbocycles. The summed E-state index contributed by atoms with van der Waals surface area (Å²) >= 11 is 0. The Morgan fingerprint density at radius 1 is 0.556 bits per heavy atom. The Kier molecular flexibility index (Phi) is 23.0. The van der Waals surface area contributed by atoms with Gasteiger partial charge in [0.05, 0.1) is 0 Å². The Morgan fingerprint density at radius 2 is 0.556 bits per heavy atom. The van der Waals surface area contributed by atoms with Gasteiger partial charge in [-0.1, -0.05) is 0 Å². The van der Waals surface area contributed by atoms with Crippen molar-refractivity contribution in [2.75, 3.05) is 42.3 Å². The summed E-state index contributed by atoms with van der Waals surface area (Å²) in [6.45, 7) is 0. The average molecular weight is 157 g/mol. The molecule has 0 aromatic heterocycles. The molecule has 0 saturated heterocycles. The van der Waals surface area contributed by atoms with E-state index in [2.05, 4.69) is 0 Å².